The number of aromatic nitrogens is 1. The highest BCUT2D eigenvalue weighted by Crippen LogP contribution is 2.25. The third kappa shape index (κ3) is 4.77. The van der Waals surface area contributed by atoms with Crippen molar-refractivity contribution < 1.29 is 14.4 Å². The van der Waals surface area contributed by atoms with Crippen LogP contribution >= 0.6 is 0 Å². The molecule has 4 amide bonds. The maximum Gasteiger partial charge on any atom is 0.329 e. The number of carbonyl (C=O) groups is 3. The standard InChI is InChI=1S/C29H26N4O3/c1-19-7-11-21(12-8-19)16-33-28(35)25(31-29(33)36)15-22-17-32(26-6-4-3-5-24(22)26)18-27(34)30-23-13-9-20(2)10-14-23/h3-15,17H,16,18H2,1-2H3,(H,30,34)(H,31,36)/b25-15+. The maximum atomic E-state index is 13.0. The number of carbonyl (C=O) groups excluding carboxylic acids is 3. The average molecular weight is 479 g/mol. The molecule has 0 bridgehead atoms. The topological polar surface area (TPSA) is 83.4 Å². The van der Waals surface area contributed by atoms with E-state index in [4.69, 9.17) is 0 Å². The van der Waals surface area contributed by atoms with E-state index in [0.717, 1.165) is 38.8 Å². The number of urea groups is 1. The molecule has 2 heterocycles. The predicted octanol–water partition coefficient (Wildman–Crippen LogP) is 4.99. The molecule has 7 heteroatoms. The fourth-order valence-corrected chi connectivity index (χ4v) is 4.26. The zero-order chi connectivity index (χ0) is 25.2. The molecule has 36 heavy (non-hydrogen) atoms. The van der Waals surface area contributed by atoms with Gasteiger partial charge in [0.2, 0.25) is 5.91 Å². The quantitative estimate of drug-likeness (QED) is 0.303. The Balaban J connectivity index is 1.38. The van der Waals surface area contributed by atoms with E-state index in [0.29, 0.717) is 0 Å². The number of hydrogen-bond donors (Lipinski definition) is 2. The van der Waals surface area contributed by atoms with Crippen molar-refractivity contribution in [2.45, 2.75) is 26.9 Å². The SMILES string of the molecule is Cc1ccc(CN2C(=O)N/C(=C/c3cn(CC(=O)Nc4ccc(C)cc4)c4ccccc34)C2=O)cc1. The first-order chi connectivity index (χ1) is 17.4. The number of fused-ring (bicyclic) bond motifs is 1. The third-order valence-electron chi connectivity index (χ3n) is 6.19. The summed E-state index contributed by atoms with van der Waals surface area (Å²) < 4.78 is 1.84. The summed E-state index contributed by atoms with van der Waals surface area (Å²) in [5, 5.41) is 6.49. The van der Waals surface area contributed by atoms with Crippen LogP contribution in [-0.4, -0.2) is 27.3 Å². The van der Waals surface area contributed by atoms with Gasteiger partial charge in [0, 0.05) is 28.4 Å². The molecule has 0 saturated carbocycles. The second-order valence-electron chi connectivity index (χ2n) is 9.01. The third-order valence-corrected chi connectivity index (χ3v) is 6.19. The molecule has 1 fully saturated rings. The maximum absolute atomic E-state index is 13.0. The first-order valence-electron chi connectivity index (χ1n) is 11.7. The molecule has 0 spiro atoms. The van der Waals surface area contributed by atoms with E-state index >= 15 is 0 Å². The molecular formula is C29H26N4O3. The van der Waals surface area contributed by atoms with Crippen molar-refractivity contribution in [1.82, 2.24) is 14.8 Å². The predicted molar refractivity (Wildman–Crippen MR) is 140 cm³/mol. The van der Waals surface area contributed by atoms with Crippen molar-refractivity contribution in [2.24, 2.45) is 0 Å². The Morgan fingerprint density at radius 2 is 1.58 bits per heavy atom. The van der Waals surface area contributed by atoms with E-state index in [9.17, 15) is 14.4 Å². The monoisotopic (exact) mass is 478 g/mol. The summed E-state index contributed by atoms with van der Waals surface area (Å²) >= 11 is 0. The Morgan fingerprint density at radius 1 is 0.917 bits per heavy atom. The van der Waals surface area contributed by atoms with E-state index in [-0.39, 0.29) is 30.6 Å². The number of nitrogens with zero attached hydrogens (tertiary/aromatic N) is 2. The summed E-state index contributed by atoms with van der Waals surface area (Å²) in [5.74, 6) is -0.539. The van der Waals surface area contributed by atoms with Crippen molar-refractivity contribution in [2.75, 3.05) is 5.32 Å². The Kier molecular flexibility index (Phi) is 6.12. The van der Waals surface area contributed by atoms with Crippen molar-refractivity contribution in [3.63, 3.8) is 0 Å². The van der Waals surface area contributed by atoms with Crippen LogP contribution in [0, 0.1) is 13.8 Å². The molecule has 0 atom stereocenters. The van der Waals surface area contributed by atoms with Gasteiger partial charge in [-0.1, -0.05) is 65.7 Å². The summed E-state index contributed by atoms with van der Waals surface area (Å²) in [6.07, 6.45) is 3.50. The molecule has 1 aromatic heterocycles. The average Bonchev–Trinajstić information content (AvgIpc) is 3.33. The first kappa shape index (κ1) is 23.1. The van der Waals surface area contributed by atoms with Crippen LogP contribution in [0.5, 0.6) is 0 Å². The van der Waals surface area contributed by atoms with Crippen molar-refractivity contribution in [1.29, 1.82) is 0 Å². The number of para-hydroxylation sites is 1. The van der Waals surface area contributed by atoms with Crippen molar-refractivity contribution in [3.8, 4) is 0 Å². The number of hydrogen-bond acceptors (Lipinski definition) is 3. The van der Waals surface area contributed by atoms with Gasteiger partial charge in [-0.3, -0.25) is 14.5 Å². The Hall–Kier alpha value is -4.65. The van der Waals surface area contributed by atoms with E-state index in [1.807, 2.05) is 97.4 Å². The summed E-state index contributed by atoms with van der Waals surface area (Å²) in [5.41, 5.74) is 5.65. The van der Waals surface area contributed by atoms with Gasteiger partial charge in [0.25, 0.3) is 5.91 Å². The molecule has 0 aliphatic carbocycles. The Bertz CT molecular complexity index is 1500. The molecule has 4 aromatic rings. The molecule has 3 aromatic carbocycles. The van der Waals surface area contributed by atoms with Gasteiger partial charge < -0.3 is 15.2 Å². The normalized spacial score (nSPS) is 14.5. The van der Waals surface area contributed by atoms with Crippen LogP contribution < -0.4 is 10.6 Å². The fraction of sp³-hybridized carbons (Fsp3) is 0.138. The highest BCUT2D eigenvalue weighted by atomic mass is 16.2. The number of imide groups is 1. The molecule has 1 saturated heterocycles. The van der Waals surface area contributed by atoms with Crippen LogP contribution in [0.1, 0.15) is 22.3 Å². The van der Waals surface area contributed by atoms with Gasteiger partial charge in [-0.15, -0.1) is 0 Å². The molecule has 2 N–H and O–H groups in total. The van der Waals surface area contributed by atoms with E-state index in [1.54, 1.807) is 6.08 Å². The molecule has 0 radical (unpaired) electrons. The largest absolute Gasteiger partial charge is 0.337 e. The highest BCUT2D eigenvalue weighted by molar-refractivity contribution is 6.14. The van der Waals surface area contributed by atoms with Crippen LogP contribution in [0.2, 0.25) is 0 Å². The number of nitrogens with one attached hydrogen (secondary N) is 2. The molecule has 7 nitrogen and oxygen atoms in total. The lowest BCUT2D eigenvalue weighted by Gasteiger charge is -2.11. The van der Waals surface area contributed by atoms with Gasteiger partial charge in [0.05, 0.1) is 6.54 Å². The highest BCUT2D eigenvalue weighted by Gasteiger charge is 2.33. The number of anilines is 1. The lowest BCUT2D eigenvalue weighted by atomic mass is 10.1. The van der Waals surface area contributed by atoms with Gasteiger partial charge in [-0.2, -0.15) is 0 Å². The van der Waals surface area contributed by atoms with Crippen LogP contribution in [0.25, 0.3) is 17.0 Å². The second-order valence-corrected chi connectivity index (χ2v) is 9.01. The second kappa shape index (κ2) is 9.54. The van der Waals surface area contributed by atoms with Crippen LogP contribution in [0.4, 0.5) is 10.5 Å². The van der Waals surface area contributed by atoms with Gasteiger partial charge in [-0.05, 0) is 43.7 Å². The summed E-state index contributed by atoms with van der Waals surface area (Å²) in [4.78, 5) is 39.5. The van der Waals surface area contributed by atoms with Crippen molar-refractivity contribution in [3.05, 3.63) is 107 Å². The summed E-state index contributed by atoms with van der Waals surface area (Å²) in [6, 6.07) is 22.6. The van der Waals surface area contributed by atoms with Gasteiger partial charge >= 0.3 is 6.03 Å². The minimum absolute atomic E-state index is 0.109. The molecule has 180 valence electrons. The van der Waals surface area contributed by atoms with Crippen molar-refractivity contribution >= 4 is 40.5 Å². The lowest BCUT2D eigenvalue weighted by molar-refractivity contribution is -0.123. The minimum atomic E-state index is -0.451. The fourth-order valence-electron chi connectivity index (χ4n) is 4.26. The van der Waals surface area contributed by atoms with E-state index in [2.05, 4.69) is 10.6 Å². The van der Waals surface area contributed by atoms with Crippen LogP contribution in [-0.2, 0) is 22.7 Å². The lowest BCUT2D eigenvalue weighted by Crippen LogP contribution is -2.30. The summed E-state index contributed by atoms with van der Waals surface area (Å²) in [7, 11) is 0. The van der Waals surface area contributed by atoms with Gasteiger partial charge in [-0.25, -0.2) is 4.79 Å². The Morgan fingerprint density at radius 3 is 2.31 bits per heavy atom. The number of rotatable bonds is 6. The number of aryl methyl sites for hydroxylation is 2. The minimum Gasteiger partial charge on any atom is -0.337 e. The number of amides is 4. The van der Waals surface area contributed by atoms with Gasteiger partial charge in [0.15, 0.2) is 0 Å². The van der Waals surface area contributed by atoms with E-state index < -0.39 is 6.03 Å². The zero-order valence-electron chi connectivity index (χ0n) is 20.1. The summed E-state index contributed by atoms with van der Waals surface area (Å²) in [6.45, 7) is 4.29. The molecule has 1 aliphatic rings. The van der Waals surface area contributed by atoms with Crippen LogP contribution in [0.3, 0.4) is 0 Å². The first-order valence-corrected chi connectivity index (χ1v) is 11.7. The molecule has 1 aliphatic heterocycles. The molecule has 0 unspecified atom stereocenters. The number of benzene rings is 3. The van der Waals surface area contributed by atoms with E-state index in [1.165, 1.54) is 4.90 Å². The van der Waals surface area contributed by atoms with Gasteiger partial charge in [0.1, 0.15) is 12.2 Å². The molecular weight excluding hydrogens is 452 g/mol. The van der Waals surface area contributed by atoms with Crippen LogP contribution in [0.15, 0.2) is 84.7 Å². The smallest absolute Gasteiger partial charge is 0.329 e. The molecule has 5 rings (SSSR count). The Labute approximate surface area is 209 Å². The zero-order valence-corrected chi connectivity index (χ0v) is 20.1.